The Morgan fingerprint density at radius 1 is 1.29 bits per heavy atom. The molecule has 0 aliphatic heterocycles. The second kappa shape index (κ2) is 8.37. The van der Waals surface area contributed by atoms with Crippen LogP contribution in [-0.4, -0.2) is 41.3 Å². The molecule has 3 rings (SSSR count). The van der Waals surface area contributed by atoms with Crippen molar-refractivity contribution < 1.29 is 19.2 Å². The molecule has 28 heavy (non-hydrogen) atoms. The number of carbonyl (C=O) groups excluding carboxylic acids is 1. The number of esters is 1. The highest BCUT2D eigenvalue weighted by Gasteiger charge is 2.22. The van der Waals surface area contributed by atoms with Gasteiger partial charge in [-0.05, 0) is 30.7 Å². The summed E-state index contributed by atoms with van der Waals surface area (Å²) in [7, 11) is 2.93. The van der Waals surface area contributed by atoms with E-state index in [2.05, 4.69) is 4.98 Å². The van der Waals surface area contributed by atoms with E-state index in [4.69, 9.17) is 21.1 Å². The molecule has 0 amide bonds. The van der Waals surface area contributed by atoms with E-state index >= 15 is 0 Å². The summed E-state index contributed by atoms with van der Waals surface area (Å²) in [5, 5.41) is 11.3. The van der Waals surface area contributed by atoms with Crippen LogP contribution >= 0.6 is 11.6 Å². The van der Waals surface area contributed by atoms with Crippen LogP contribution in [0.4, 0.5) is 5.69 Å². The van der Waals surface area contributed by atoms with Gasteiger partial charge in [0.2, 0.25) is 0 Å². The zero-order valence-corrected chi connectivity index (χ0v) is 16.1. The van der Waals surface area contributed by atoms with E-state index in [1.807, 2.05) is 4.57 Å². The Kier molecular flexibility index (Phi) is 5.91. The SMILES string of the molecule is COCCCn1c(-c2cccc([N+](=O)[O-])c2Cl)nc2cc(C(=O)OC)ccc21. The van der Waals surface area contributed by atoms with Gasteiger partial charge in [0, 0.05) is 31.9 Å². The molecule has 0 radical (unpaired) electrons. The van der Waals surface area contributed by atoms with Crippen molar-refractivity contribution in [3.05, 3.63) is 57.1 Å². The molecule has 0 spiro atoms. The zero-order valence-electron chi connectivity index (χ0n) is 15.3. The van der Waals surface area contributed by atoms with Crippen molar-refractivity contribution in [2.24, 2.45) is 0 Å². The molecular weight excluding hydrogens is 386 g/mol. The van der Waals surface area contributed by atoms with Gasteiger partial charge in [0.1, 0.15) is 10.8 Å². The summed E-state index contributed by atoms with van der Waals surface area (Å²) >= 11 is 6.31. The number of benzene rings is 2. The second-order valence-corrected chi connectivity index (χ2v) is 6.40. The molecule has 9 heteroatoms. The van der Waals surface area contributed by atoms with Gasteiger partial charge in [0.15, 0.2) is 0 Å². The van der Waals surface area contributed by atoms with Gasteiger partial charge in [-0.3, -0.25) is 10.1 Å². The molecule has 0 saturated heterocycles. The van der Waals surface area contributed by atoms with E-state index in [-0.39, 0.29) is 10.7 Å². The molecule has 0 fully saturated rings. The van der Waals surface area contributed by atoms with Gasteiger partial charge < -0.3 is 14.0 Å². The summed E-state index contributed by atoms with van der Waals surface area (Å²) in [4.78, 5) is 27.2. The molecule has 1 aromatic heterocycles. The fourth-order valence-electron chi connectivity index (χ4n) is 3.01. The van der Waals surface area contributed by atoms with E-state index < -0.39 is 10.9 Å². The molecule has 0 bridgehead atoms. The third kappa shape index (κ3) is 3.69. The number of methoxy groups -OCH3 is 2. The van der Waals surface area contributed by atoms with Crippen molar-refractivity contribution in [3.63, 3.8) is 0 Å². The molecule has 0 atom stereocenters. The number of hydrogen-bond acceptors (Lipinski definition) is 6. The summed E-state index contributed by atoms with van der Waals surface area (Å²) < 4.78 is 11.8. The minimum absolute atomic E-state index is 0.0176. The minimum Gasteiger partial charge on any atom is -0.465 e. The Bertz CT molecular complexity index is 1050. The summed E-state index contributed by atoms with van der Waals surface area (Å²) in [6.45, 7) is 1.11. The molecule has 146 valence electrons. The van der Waals surface area contributed by atoms with Crippen LogP contribution in [0.15, 0.2) is 36.4 Å². The monoisotopic (exact) mass is 403 g/mol. The van der Waals surface area contributed by atoms with Crippen LogP contribution in [0, 0.1) is 10.1 Å². The largest absolute Gasteiger partial charge is 0.465 e. The van der Waals surface area contributed by atoms with Gasteiger partial charge >= 0.3 is 5.97 Å². The van der Waals surface area contributed by atoms with Crippen LogP contribution in [0.25, 0.3) is 22.4 Å². The van der Waals surface area contributed by atoms with Crippen molar-refractivity contribution in [2.45, 2.75) is 13.0 Å². The van der Waals surface area contributed by atoms with Crippen molar-refractivity contribution in [3.8, 4) is 11.4 Å². The number of halogens is 1. The van der Waals surface area contributed by atoms with Crippen LogP contribution in [0.2, 0.25) is 5.02 Å². The number of fused-ring (bicyclic) bond motifs is 1. The molecule has 3 aromatic rings. The smallest absolute Gasteiger partial charge is 0.337 e. The quantitative estimate of drug-likeness (QED) is 0.255. The Morgan fingerprint density at radius 3 is 2.75 bits per heavy atom. The van der Waals surface area contributed by atoms with Gasteiger partial charge in [-0.25, -0.2) is 9.78 Å². The highest BCUT2D eigenvalue weighted by atomic mass is 35.5. The van der Waals surface area contributed by atoms with Gasteiger partial charge in [-0.2, -0.15) is 0 Å². The summed E-state index contributed by atoms with van der Waals surface area (Å²) in [5.41, 5.74) is 1.97. The molecule has 0 saturated carbocycles. The fraction of sp³-hybridized carbons (Fsp3) is 0.263. The number of carbonyl (C=O) groups is 1. The first kappa shape index (κ1) is 19.8. The normalized spacial score (nSPS) is 11.0. The number of nitrogens with zero attached hydrogens (tertiary/aromatic N) is 3. The molecule has 0 aliphatic carbocycles. The van der Waals surface area contributed by atoms with Gasteiger partial charge in [-0.1, -0.05) is 17.7 Å². The maximum Gasteiger partial charge on any atom is 0.337 e. The predicted molar refractivity (Wildman–Crippen MR) is 105 cm³/mol. The van der Waals surface area contributed by atoms with Crippen molar-refractivity contribution in [1.29, 1.82) is 0 Å². The molecule has 2 aromatic carbocycles. The van der Waals surface area contributed by atoms with E-state index in [1.165, 1.54) is 13.2 Å². The van der Waals surface area contributed by atoms with Gasteiger partial charge in [-0.15, -0.1) is 0 Å². The van der Waals surface area contributed by atoms with Crippen molar-refractivity contribution >= 4 is 34.3 Å². The summed E-state index contributed by atoms with van der Waals surface area (Å²) in [6, 6.07) is 9.65. The number of nitro benzene ring substituents is 1. The maximum absolute atomic E-state index is 11.8. The first-order chi connectivity index (χ1) is 13.5. The van der Waals surface area contributed by atoms with E-state index in [0.717, 1.165) is 5.52 Å². The highest BCUT2D eigenvalue weighted by molar-refractivity contribution is 6.35. The highest BCUT2D eigenvalue weighted by Crippen LogP contribution is 2.36. The number of nitro groups is 1. The average molecular weight is 404 g/mol. The van der Waals surface area contributed by atoms with E-state index in [1.54, 1.807) is 37.4 Å². The van der Waals surface area contributed by atoms with Gasteiger partial charge in [0.05, 0.1) is 28.6 Å². The Balaban J connectivity index is 2.20. The van der Waals surface area contributed by atoms with E-state index in [0.29, 0.717) is 42.0 Å². The number of aryl methyl sites for hydroxylation is 1. The van der Waals surface area contributed by atoms with Crippen LogP contribution in [0.3, 0.4) is 0 Å². The first-order valence-electron chi connectivity index (χ1n) is 8.48. The standard InChI is InChI=1S/C19H18ClN3O5/c1-27-10-4-9-22-15-8-7-12(19(24)28-2)11-14(15)21-18(22)13-5-3-6-16(17(13)20)23(25)26/h3,5-8,11H,4,9-10H2,1-2H3. The van der Waals surface area contributed by atoms with Crippen LogP contribution in [0.5, 0.6) is 0 Å². The number of ether oxygens (including phenoxy) is 2. The van der Waals surface area contributed by atoms with E-state index in [9.17, 15) is 14.9 Å². The number of rotatable bonds is 7. The lowest BCUT2D eigenvalue weighted by atomic mass is 10.2. The number of hydrogen-bond donors (Lipinski definition) is 0. The zero-order chi connectivity index (χ0) is 20.3. The topological polar surface area (TPSA) is 96.5 Å². The molecular formula is C19H18ClN3O5. The van der Waals surface area contributed by atoms with Crippen LogP contribution in [-0.2, 0) is 16.0 Å². The summed E-state index contributed by atoms with van der Waals surface area (Å²) in [5.74, 6) is 0.0209. The van der Waals surface area contributed by atoms with Crippen molar-refractivity contribution in [1.82, 2.24) is 9.55 Å². The van der Waals surface area contributed by atoms with Crippen LogP contribution in [0.1, 0.15) is 16.8 Å². The van der Waals surface area contributed by atoms with Gasteiger partial charge in [0.25, 0.3) is 5.69 Å². The lowest BCUT2D eigenvalue weighted by Crippen LogP contribution is -2.04. The number of aromatic nitrogens is 2. The lowest BCUT2D eigenvalue weighted by molar-refractivity contribution is -0.384. The lowest BCUT2D eigenvalue weighted by Gasteiger charge is -2.10. The van der Waals surface area contributed by atoms with Crippen LogP contribution < -0.4 is 0 Å². The minimum atomic E-state index is -0.529. The molecule has 0 aliphatic rings. The van der Waals surface area contributed by atoms with Crippen molar-refractivity contribution in [2.75, 3.05) is 20.8 Å². The third-order valence-electron chi connectivity index (χ3n) is 4.32. The Morgan fingerprint density at radius 2 is 2.07 bits per heavy atom. The maximum atomic E-state index is 11.8. The molecule has 0 unspecified atom stereocenters. The number of imidazole rings is 1. The molecule has 8 nitrogen and oxygen atoms in total. The molecule has 0 N–H and O–H groups in total. The first-order valence-corrected chi connectivity index (χ1v) is 8.86. The fourth-order valence-corrected chi connectivity index (χ4v) is 3.29. The third-order valence-corrected chi connectivity index (χ3v) is 4.71. The Hall–Kier alpha value is -2.97. The predicted octanol–water partition coefficient (Wildman–Crippen LogP) is 4.09. The average Bonchev–Trinajstić information content (AvgIpc) is 3.05. The summed E-state index contributed by atoms with van der Waals surface area (Å²) in [6.07, 6.45) is 0.709. The molecule has 1 heterocycles. The Labute approximate surface area is 165 Å². The second-order valence-electron chi connectivity index (χ2n) is 6.02.